The third-order valence-corrected chi connectivity index (χ3v) is 2.04. The minimum atomic E-state index is -0.132. The number of nitrogens with zero attached hydrogens (tertiary/aromatic N) is 2. The van der Waals surface area contributed by atoms with Crippen LogP contribution in [-0.2, 0) is 9.53 Å². The van der Waals surface area contributed by atoms with E-state index in [1.165, 1.54) is 7.11 Å². The van der Waals surface area contributed by atoms with Crippen LogP contribution in [0.3, 0.4) is 0 Å². The lowest BCUT2D eigenvalue weighted by molar-refractivity contribution is -0.125. The topological polar surface area (TPSA) is 76.1 Å². The van der Waals surface area contributed by atoms with E-state index in [1.54, 1.807) is 6.20 Å². The first kappa shape index (κ1) is 13.4. The average Bonchev–Trinajstić information content (AvgIpc) is 2.27. The molecule has 1 aromatic heterocycles. The second kappa shape index (κ2) is 6.80. The summed E-state index contributed by atoms with van der Waals surface area (Å²) in [7, 11) is 1.49. The van der Waals surface area contributed by atoms with Gasteiger partial charge in [0.05, 0.1) is 0 Å². The molecule has 1 amide bonds. The highest BCUT2D eigenvalue weighted by Gasteiger charge is 2.07. The summed E-state index contributed by atoms with van der Waals surface area (Å²) in [5.41, 5.74) is 0.901. The van der Waals surface area contributed by atoms with E-state index in [9.17, 15) is 4.79 Å². The Balaban J connectivity index is 2.33. The zero-order valence-electron chi connectivity index (χ0n) is 10.4. The van der Waals surface area contributed by atoms with E-state index >= 15 is 0 Å². The molecule has 17 heavy (non-hydrogen) atoms. The van der Waals surface area contributed by atoms with Gasteiger partial charge < -0.3 is 15.4 Å². The van der Waals surface area contributed by atoms with Crippen molar-refractivity contribution in [1.29, 1.82) is 0 Å². The second-order valence-corrected chi connectivity index (χ2v) is 3.80. The fourth-order valence-electron chi connectivity index (χ4n) is 1.28. The summed E-state index contributed by atoms with van der Waals surface area (Å²) in [6.45, 7) is 4.44. The first-order valence-corrected chi connectivity index (χ1v) is 5.43. The average molecular weight is 238 g/mol. The third kappa shape index (κ3) is 5.26. The Morgan fingerprint density at radius 3 is 3.00 bits per heavy atom. The minimum Gasteiger partial charge on any atom is -0.375 e. The maximum absolute atomic E-state index is 11.2. The molecule has 0 bridgehead atoms. The number of anilines is 1. The van der Waals surface area contributed by atoms with Crippen LogP contribution in [0.25, 0.3) is 0 Å². The van der Waals surface area contributed by atoms with E-state index in [0.29, 0.717) is 12.5 Å². The predicted octanol–water partition coefficient (Wildman–Crippen LogP) is 0.348. The molecule has 94 valence electrons. The van der Waals surface area contributed by atoms with Crippen molar-refractivity contribution in [3.8, 4) is 0 Å². The molecule has 1 atom stereocenters. The van der Waals surface area contributed by atoms with Crippen LogP contribution in [0, 0.1) is 6.92 Å². The largest absolute Gasteiger partial charge is 0.375 e. The molecule has 0 saturated heterocycles. The number of ether oxygens (including phenoxy) is 1. The molecule has 0 fully saturated rings. The first-order chi connectivity index (χ1) is 8.11. The number of amides is 1. The van der Waals surface area contributed by atoms with Crippen LogP contribution in [0.15, 0.2) is 12.3 Å². The highest BCUT2D eigenvalue weighted by Crippen LogP contribution is 1.98. The van der Waals surface area contributed by atoms with Crippen LogP contribution in [0.4, 0.5) is 5.95 Å². The van der Waals surface area contributed by atoms with E-state index in [-0.39, 0.29) is 18.6 Å². The fraction of sp³-hybridized carbons (Fsp3) is 0.545. The molecular formula is C11H18N4O2. The van der Waals surface area contributed by atoms with E-state index < -0.39 is 0 Å². The van der Waals surface area contributed by atoms with Crippen LogP contribution in [-0.4, -0.2) is 42.2 Å². The molecule has 0 aliphatic rings. The number of hydrogen-bond donors (Lipinski definition) is 2. The van der Waals surface area contributed by atoms with Crippen molar-refractivity contribution in [2.24, 2.45) is 0 Å². The summed E-state index contributed by atoms with van der Waals surface area (Å²) in [6, 6.07) is 1.82. The van der Waals surface area contributed by atoms with Gasteiger partial charge in [0.2, 0.25) is 11.9 Å². The minimum absolute atomic E-state index is 0.0123. The zero-order valence-corrected chi connectivity index (χ0v) is 10.4. The number of aromatic nitrogens is 2. The summed E-state index contributed by atoms with van der Waals surface area (Å²) in [4.78, 5) is 19.5. The summed E-state index contributed by atoms with van der Waals surface area (Å²) in [5, 5.41) is 5.84. The van der Waals surface area contributed by atoms with Crippen LogP contribution in [0.5, 0.6) is 0 Å². The number of rotatable bonds is 6. The standard InChI is InChI=1S/C11H18N4O2/c1-8-4-5-12-11(15-8)13-6-9(2)14-10(16)7-17-3/h4-5,9H,6-7H2,1-3H3,(H,14,16)(H,12,13,15)/t9-/m1/s1. The lowest BCUT2D eigenvalue weighted by Crippen LogP contribution is -2.39. The Labute approximate surface area is 101 Å². The summed E-state index contributed by atoms with van der Waals surface area (Å²) in [6.07, 6.45) is 1.69. The lowest BCUT2D eigenvalue weighted by Gasteiger charge is -2.14. The van der Waals surface area contributed by atoms with Crippen LogP contribution < -0.4 is 10.6 Å². The maximum atomic E-state index is 11.2. The molecule has 6 nitrogen and oxygen atoms in total. The Hall–Kier alpha value is -1.69. The van der Waals surface area contributed by atoms with Gasteiger partial charge in [0.15, 0.2) is 0 Å². The van der Waals surface area contributed by atoms with Crippen LogP contribution >= 0.6 is 0 Å². The number of hydrogen-bond acceptors (Lipinski definition) is 5. The number of carbonyl (C=O) groups excluding carboxylic acids is 1. The maximum Gasteiger partial charge on any atom is 0.246 e. The van der Waals surface area contributed by atoms with Crippen LogP contribution in [0.2, 0.25) is 0 Å². The lowest BCUT2D eigenvalue weighted by atomic mass is 10.3. The van der Waals surface area contributed by atoms with Gasteiger partial charge in [-0.3, -0.25) is 4.79 Å². The van der Waals surface area contributed by atoms with Gasteiger partial charge in [-0.15, -0.1) is 0 Å². The van der Waals surface area contributed by atoms with Gasteiger partial charge in [0.25, 0.3) is 0 Å². The van der Waals surface area contributed by atoms with Crippen molar-refractivity contribution in [2.45, 2.75) is 19.9 Å². The Morgan fingerprint density at radius 2 is 2.35 bits per heavy atom. The predicted molar refractivity (Wildman–Crippen MR) is 64.7 cm³/mol. The molecule has 6 heteroatoms. The van der Waals surface area contributed by atoms with Gasteiger partial charge in [-0.25, -0.2) is 9.97 Å². The zero-order chi connectivity index (χ0) is 12.7. The second-order valence-electron chi connectivity index (χ2n) is 3.80. The Kier molecular flexibility index (Phi) is 5.35. The van der Waals surface area contributed by atoms with Gasteiger partial charge in [-0.05, 0) is 19.9 Å². The number of nitrogens with one attached hydrogen (secondary N) is 2. The Bertz CT molecular complexity index is 370. The number of methoxy groups -OCH3 is 1. The third-order valence-electron chi connectivity index (χ3n) is 2.04. The van der Waals surface area contributed by atoms with E-state index in [1.807, 2.05) is 19.9 Å². The summed E-state index contributed by atoms with van der Waals surface area (Å²) < 4.78 is 4.73. The van der Waals surface area contributed by atoms with Crippen LogP contribution in [0.1, 0.15) is 12.6 Å². The highest BCUT2D eigenvalue weighted by molar-refractivity contribution is 5.77. The van der Waals surface area contributed by atoms with Crippen molar-refractivity contribution in [3.63, 3.8) is 0 Å². The highest BCUT2D eigenvalue weighted by atomic mass is 16.5. The quantitative estimate of drug-likeness (QED) is 0.747. The van der Waals surface area contributed by atoms with Gasteiger partial charge >= 0.3 is 0 Å². The molecule has 0 aromatic carbocycles. The molecule has 0 aliphatic carbocycles. The SMILES string of the molecule is COCC(=O)N[C@H](C)CNc1nccc(C)n1. The Morgan fingerprint density at radius 1 is 1.59 bits per heavy atom. The van der Waals surface area contributed by atoms with E-state index in [2.05, 4.69) is 20.6 Å². The molecule has 2 N–H and O–H groups in total. The van der Waals surface area contributed by atoms with Gasteiger partial charge in [0.1, 0.15) is 6.61 Å². The molecule has 0 unspecified atom stereocenters. The van der Waals surface area contributed by atoms with Gasteiger partial charge in [-0.2, -0.15) is 0 Å². The molecule has 1 heterocycles. The molecule has 0 spiro atoms. The summed E-state index contributed by atoms with van der Waals surface area (Å²) in [5.74, 6) is 0.435. The van der Waals surface area contributed by atoms with E-state index in [0.717, 1.165) is 5.69 Å². The van der Waals surface area contributed by atoms with Crippen molar-refractivity contribution < 1.29 is 9.53 Å². The van der Waals surface area contributed by atoms with Crippen molar-refractivity contribution in [1.82, 2.24) is 15.3 Å². The monoisotopic (exact) mass is 238 g/mol. The fourth-order valence-corrected chi connectivity index (χ4v) is 1.28. The number of carbonyl (C=O) groups is 1. The smallest absolute Gasteiger partial charge is 0.246 e. The first-order valence-electron chi connectivity index (χ1n) is 5.43. The van der Waals surface area contributed by atoms with Crippen molar-refractivity contribution >= 4 is 11.9 Å². The summed E-state index contributed by atoms with van der Waals surface area (Å²) >= 11 is 0. The number of aryl methyl sites for hydroxylation is 1. The molecule has 1 rings (SSSR count). The normalized spacial score (nSPS) is 11.9. The van der Waals surface area contributed by atoms with Crippen molar-refractivity contribution in [3.05, 3.63) is 18.0 Å². The molecule has 0 radical (unpaired) electrons. The molecule has 0 saturated carbocycles. The van der Waals surface area contributed by atoms with E-state index in [4.69, 9.17) is 4.74 Å². The van der Waals surface area contributed by atoms with Gasteiger partial charge in [-0.1, -0.05) is 0 Å². The molecular weight excluding hydrogens is 220 g/mol. The molecule has 1 aromatic rings. The van der Waals surface area contributed by atoms with Gasteiger partial charge in [0, 0.05) is 31.6 Å². The molecule has 0 aliphatic heterocycles. The van der Waals surface area contributed by atoms with Crippen molar-refractivity contribution in [2.75, 3.05) is 25.6 Å².